The predicted molar refractivity (Wildman–Crippen MR) is 86.5 cm³/mol. The Bertz CT molecular complexity index is 874. The van der Waals surface area contributed by atoms with Gasteiger partial charge < -0.3 is 25.2 Å². The molecule has 3 rings (SSSR count). The number of hydrogen-bond acceptors (Lipinski definition) is 6. The number of carboxylic acids is 1. The molecule has 1 aliphatic heterocycles. The van der Waals surface area contributed by atoms with E-state index >= 15 is 0 Å². The number of Topliss-reactive ketones (excluding diaryl/α,β-unsaturated/α-hetero) is 1. The Hall–Kier alpha value is -2.93. The number of hydrogen-bond donors (Lipinski definition) is 4. The van der Waals surface area contributed by atoms with Crippen LogP contribution in [0.15, 0.2) is 24.3 Å². The molecule has 0 amide bonds. The number of ether oxygens (including phenoxy) is 1. The number of halogens is 1. The zero-order valence-corrected chi connectivity index (χ0v) is 13.4. The summed E-state index contributed by atoms with van der Waals surface area (Å²) in [6.45, 7) is 0. The van der Waals surface area contributed by atoms with Crippen LogP contribution in [0.1, 0.15) is 34.0 Å². The predicted octanol–water partition coefficient (Wildman–Crippen LogP) is 2.79. The van der Waals surface area contributed by atoms with Crippen molar-refractivity contribution in [3.05, 3.63) is 46.0 Å². The first-order chi connectivity index (χ1) is 11.8. The lowest BCUT2D eigenvalue weighted by atomic mass is 9.93. The molecule has 25 heavy (non-hydrogen) atoms. The largest absolute Gasteiger partial charge is 0.508 e. The molecule has 0 saturated carbocycles. The van der Waals surface area contributed by atoms with Crippen molar-refractivity contribution in [3.8, 4) is 23.0 Å². The molecule has 0 bridgehead atoms. The first-order valence-electron chi connectivity index (χ1n) is 7.26. The van der Waals surface area contributed by atoms with Crippen LogP contribution >= 0.6 is 11.6 Å². The Morgan fingerprint density at radius 2 is 1.80 bits per heavy atom. The van der Waals surface area contributed by atoms with Crippen LogP contribution in [0.4, 0.5) is 0 Å². The van der Waals surface area contributed by atoms with E-state index in [2.05, 4.69) is 0 Å². The minimum atomic E-state index is -1.30. The monoisotopic (exact) mass is 364 g/mol. The molecule has 0 radical (unpaired) electrons. The molecule has 0 saturated heterocycles. The molecular weight excluding hydrogens is 352 g/mol. The Morgan fingerprint density at radius 1 is 1.16 bits per heavy atom. The van der Waals surface area contributed by atoms with Crippen LogP contribution in [0.25, 0.3) is 0 Å². The van der Waals surface area contributed by atoms with E-state index in [1.807, 2.05) is 0 Å². The number of ketones is 1. The van der Waals surface area contributed by atoms with E-state index in [1.54, 1.807) is 12.1 Å². The van der Waals surface area contributed by atoms with Crippen LogP contribution in [0.5, 0.6) is 23.0 Å². The van der Waals surface area contributed by atoms with Crippen LogP contribution in [0, 0.1) is 0 Å². The second-order valence-corrected chi connectivity index (χ2v) is 5.97. The fraction of sp³-hybridized carbons (Fsp3) is 0.176. The quantitative estimate of drug-likeness (QED) is 0.660. The lowest BCUT2D eigenvalue weighted by Gasteiger charge is -2.28. The standard InChI is InChI=1S/C17H13ClO7/c18-14-16(24)9(5-12(21)22)15(23)13-10(20)6-11(25-17(13)14)7-1-3-8(19)4-2-7/h1-4,11,19,23-24H,5-6H2,(H,21,22). The number of aromatic hydroxyl groups is 3. The van der Waals surface area contributed by atoms with Crippen LogP contribution in [-0.4, -0.2) is 32.2 Å². The smallest absolute Gasteiger partial charge is 0.308 e. The fourth-order valence-corrected chi connectivity index (χ4v) is 2.99. The maximum Gasteiger partial charge on any atom is 0.308 e. The first-order valence-corrected chi connectivity index (χ1v) is 7.64. The molecule has 8 heteroatoms. The minimum absolute atomic E-state index is 0.0536. The highest BCUT2D eigenvalue weighted by Crippen LogP contribution is 2.50. The van der Waals surface area contributed by atoms with Gasteiger partial charge in [-0.2, -0.15) is 0 Å². The van der Waals surface area contributed by atoms with Crippen LogP contribution in [0.2, 0.25) is 5.02 Å². The lowest BCUT2D eigenvalue weighted by Crippen LogP contribution is -2.21. The van der Waals surface area contributed by atoms with Crippen molar-refractivity contribution in [1.29, 1.82) is 0 Å². The molecule has 0 aromatic heterocycles. The number of carbonyl (C=O) groups is 2. The van der Waals surface area contributed by atoms with E-state index in [0.717, 1.165) is 0 Å². The molecule has 1 unspecified atom stereocenters. The van der Waals surface area contributed by atoms with E-state index in [0.29, 0.717) is 5.56 Å². The molecule has 1 aliphatic rings. The van der Waals surface area contributed by atoms with E-state index in [9.17, 15) is 24.9 Å². The molecule has 7 nitrogen and oxygen atoms in total. The highest BCUT2D eigenvalue weighted by Gasteiger charge is 2.35. The van der Waals surface area contributed by atoms with Crippen LogP contribution < -0.4 is 4.74 Å². The molecule has 1 heterocycles. The molecule has 0 aliphatic carbocycles. The molecule has 2 aromatic carbocycles. The highest BCUT2D eigenvalue weighted by atomic mass is 35.5. The fourth-order valence-electron chi connectivity index (χ4n) is 2.74. The topological polar surface area (TPSA) is 124 Å². The van der Waals surface area contributed by atoms with E-state index in [-0.39, 0.29) is 34.1 Å². The third-order valence-electron chi connectivity index (χ3n) is 3.95. The number of carbonyl (C=O) groups excluding carboxylic acids is 1. The van der Waals surface area contributed by atoms with Gasteiger partial charge in [0, 0.05) is 5.56 Å². The maximum absolute atomic E-state index is 12.5. The highest BCUT2D eigenvalue weighted by molar-refractivity contribution is 6.34. The molecular formula is C17H13ClO7. The van der Waals surface area contributed by atoms with E-state index in [1.165, 1.54) is 12.1 Å². The van der Waals surface area contributed by atoms with Gasteiger partial charge >= 0.3 is 5.97 Å². The first kappa shape index (κ1) is 16.9. The van der Waals surface area contributed by atoms with Gasteiger partial charge in [-0.15, -0.1) is 0 Å². The summed E-state index contributed by atoms with van der Waals surface area (Å²) in [4.78, 5) is 23.4. The summed E-state index contributed by atoms with van der Waals surface area (Å²) in [5.74, 6) is -3.22. The van der Waals surface area contributed by atoms with Crippen molar-refractivity contribution in [2.24, 2.45) is 0 Å². The maximum atomic E-state index is 12.5. The van der Waals surface area contributed by atoms with Gasteiger partial charge in [-0.25, -0.2) is 0 Å². The molecule has 0 fully saturated rings. The molecule has 4 N–H and O–H groups in total. The van der Waals surface area contributed by atoms with Crippen molar-refractivity contribution < 1.29 is 34.8 Å². The number of aliphatic carboxylic acids is 1. The summed E-state index contributed by atoms with van der Waals surface area (Å²) < 4.78 is 5.68. The SMILES string of the molecule is O=C(O)Cc1c(O)c(Cl)c2c(c1O)C(=O)CC(c1ccc(O)cc1)O2. The van der Waals surface area contributed by atoms with E-state index < -0.39 is 35.8 Å². The van der Waals surface area contributed by atoms with Gasteiger partial charge in [0.2, 0.25) is 0 Å². The molecule has 130 valence electrons. The van der Waals surface area contributed by atoms with Gasteiger partial charge in [-0.3, -0.25) is 9.59 Å². The van der Waals surface area contributed by atoms with Gasteiger partial charge in [-0.1, -0.05) is 23.7 Å². The summed E-state index contributed by atoms with van der Waals surface area (Å²) in [7, 11) is 0. The van der Waals surface area contributed by atoms with Crippen LogP contribution in [-0.2, 0) is 11.2 Å². The summed E-state index contributed by atoms with van der Waals surface area (Å²) >= 11 is 6.04. The summed E-state index contributed by atoms with van der Waals surface area (Å²) in [6.07, 6.45) is -1.53. The van der Waals surface area contributed by atoms with Crippen molar-refractivity contribution >= 4 is 23.4 Å². The number of benzene rings is 2. The zero-order chi connectivity index (χ0) is 18.3. The van der Waals surface area contributed by atoms with Crippen molar-refractivity contribution in [3.63, 3.8) is 0 Å². The summed E-state index contributed by atoms with van der Waals surface area (Å²) in [5.41, 5.74) is 0.0202. The van der Waals surface area contributed by atoms with Gasteiger partial charge in [0.1, 0.15) is 33.9 Å². The number of fused-ring (bicyclic) bond motifs is 1. The number of phenolic OH excluding ortho intramolecular Hbond substituents is 3. The van der Waals surface area contributed by atoms with Gasteiger partial charge in [0.15, 0.2) is 11.5 Å². The Labute approximate surface area is 146 Å². The normalized spacial score (nSPS) is 16.2. The van der Waals surface area contributed by atoms with Crippen molar-refractivity contribution in [2.45, 2.75) is 18.9 Å². The average Bonchev–Trinajstić information content (AvgIpc) is 2.56. The second-order valence-electron chi connectivity index (χ2n) is 5.59. The van der Waals surface area contributed by atoms with Crippen molar-refractivity contribution in [1.82, 2.24) is 0 Å². The zero-order valence-electron chi connectivity index (χ0n) is 12.7. The Kier molecular flexibility index (Phi) is 4.18. The van der Waals surface area contributed by atoms with Gasteiger partial charge in [-0.05, 0) is 17.7 Å². The van der Waals surface area contributed by atoms with E-state index in [4.69, 9.17) is 21.4 Å². The third kappa shape index (κ3) is 2.94. The van der Waals surface area contributed by atoms with Gasteiger partial charge in [0.05, 0.1) is 12.8 Å². The van der Waals surface area contributed by atoms with Crippen molar-refractivity contribution in [2.75, 3.05) is 0 Å². The lowest BCUT2D eigenvalue weighted by molar-refractivity contribution is -0.136. The van der Waals surface area contributed by atoms with Gasteiger partial charge in [0.25, 0.3) is 0 Å². The molecule has 2 aromatic rings. The number of carboxylic acid groups (broad SMARTS) is 1. The van der Waals surface area contributed by atoms with Crippen LogP contribution in [0.3, 0.4) is 0 Å². The number of rotatable bonds is 3. The second kappa shape index (κ2) is 6.18. The molecule has 1 atom stereocenters. The Balaban J connectivity index is 2.09. The number of phenols is 3. The summed E-state index contributed by atoms with van der Waals surface area (Å²) in [6, 6.07) is 6.02. The Morgan fingerprint density at radius 3 is 2.40 bits per heavy atom. The average molecular weight is 365 g/mol. The minimum Gasteiger partial charge on any atom is -0.508 e. The summed E-state index contributed by atoms with van der Waals surface area (Å²) in [5, 5.41) is 38.2. The molecule has 0 spiro atoms. The third-order valence-corrected chi connectivity index (χ3v) is 4.30.